The van der Waals surface area contributed by atoms with Gasteiger partial charge in [-0.15, -0.1) is 0 Å². The topological polar surface area (TPSA) is 105 Å². The number of amides is 3. The molecule has 2 aromatic rings. The first kappa shape index (κ1) is 20.2. The molecule has 1 heterocycles. The molecule has 150 valence electrons. The van der Waals surface area contributed by atoms with Crippen molar-refractivity contribution in [1.82, 2.24) is 10.4 Å². The third-order valence-corrected chi connectivity index (χ3v) is 4.63. The molecule has 1 aliphatic rings. The van der Waals surface area contributed by atoms with Gasteiger partial charge in [-0.05, 0) is 54.7 Å². The highest BCUT2D eigenvalue weighted by Gasteiger charge is 2.45. The van der Waals surface area contributed by atoms with E-state index in [0.717, 1.165) is 11.1 Å². The average Bonchev–Trinajstić information content (AvgIpc) is 2.91. The van der Waals surface area contributed by atoms with Gasteiger partial charge in [-0.2, -0.15) is 0 Å². The summed E-state index contributed by atoms with van der Waals surface area (Å²) >= 11 is 5.37. The molecule has 0 saturated carbocycles. The van der Waals surface area contributed by atoms with E-state index in [1.54, 1.807) is 24.3 Å². The third kappa shape index (κ3) is 4.16. The smallest absolute Gasteiger partial charge is 0.269 e. The van der Waals surface area contributed by atoms with E-state index in [1.165, 1.54) is 30.2 Å². The van der Waals surface area contributed by atoms with Crippen molar-refractivity contribution >= 4 is 40.7 Å². The zero-order valence-electron chi connectivity index (χ0n) is 15.3. The Bertz CT molecular complexity index is 982. The Labute approximate surface area is 171 Å². The van der Waals surface area contributed by atoms with Gasteiger partial charge in [0.1, 0.15) is 17.6 Å². The second-order valence-corrected chi connectivity index (χ2v) is 6.53. The van der Waals surface area contributed by atoms with Crippen LogP contribution in [0.15, 0.2) is 48.5 Å². The van der Waals surface area contributed by atoms with Crippen LogP contribution in [0.4, 0.5) is 10.1 Å². The molecule has 0 aromatic heterocycles. The highest BCUT2D eigenvalue weighted by Crippen LogP contribution is 2.27. The van der Waals surface area contributed by atoms with Crippen LogP contribution in [0, 0.1) is 5.82 Å². The van der Waals surface area contributed by atoms with Crippen molar-refractivity contribution in [1.29, 1.82) is 0 Å². The lowest BCUT2D eigenvalue weighted by molar-refractivity contribution is -0.125. The number of nitrogens with one attached hydrogen (secondary N) is 1. The predicted octanol–water partition coefficient (Wildman–Crippen LogP) is 1.36. The normalized spacial score (nSPS) is 16.1. The number of hydrazine groups is 1. The van der Waals surface area contributed by atoms with Crippen LogP contribution in [-0.2, 0) is 9.59 Å². The van der Waals surface area contributed by atoms with Crippen LogP contribution in [0.2, 0.25) is 0 Å². The molecule has 1 aliphatic heterocycles. The molecule has 0 radical (unpaired) electrons. The number of thiocarbonyl (C=S) groups is 1. The largest absolute Gasteiger partial charge is 0.497 e. The minimum atomic E-state index is -1.13. The summed E-state index contributed by atoms with van der Waals surface area (Å²) in [6.45, 7) is 0. The number of hydrogen-bond acceptors (Lipinski definition) is 5. The zero-order valence-corrected chi connectivity index (χ0v) is 16.1. The Morgan fingerprint density at radius 2 is 1.93 bits per heavy atom. The summed E-state index contributed by atoms with van der Waals surface area (Å²) in [7, 11) is 1.51. The van der Waals surface area contributed by atoms with Crippen LogP contribution in [0.5, 0.6) is 5.75 Å². The fourth-order valence-electron chi connectivity index (χ4n) is 2.86. The van der Waals surface area contributed by atoms with Gasteiger partial charge in [-0.3, -0.25) is 24.7 Å². The summed E-state index contributed by atoms with van der Waals surface area (Å²) < 4.78 is 18.5. The number of carbonyl (C=O) groups is 3. The van der Waals surface area contributed by atoms with Crippen LogP contribution in [0.1, 0.15) is 16.8 Å². The number of rotatable bonds is 6. The molecule has 3 rings (SSSR count). The number of carbonyl (C=O) groups excluding carboxylic acids is 3. The molecule has 1 saturated heterocycles. The van der Waals surface area contributed by atoms with Gasteiger partial charge in [0.25, 0.3) is 11.8 Å². The highest BCUT2D eigenvalue weighted by atomic mass is 32.1. The molecule has 3 amide bonds. The van der Waals surface area contributed by atoms with E-state index in [0.29, 0.717) is 11.4 Å². The first-order chi connectivity index (χ1) is 13.8. The number of primary amides is 1. The van der Waals surface area contributed by atoms with Gasteiger partial charge < -0.3 is 10.5 Å². The number of nitrogens with zero attached hydrogens (tertiary/aromatic N) is 2. The maximum Gasteiger partial charge on any atom is 0.269 e. The molecular weight excluding hydrogens is 399 g/mol. The first-order valence-electron chi connectivity index (χ1n) is 8.48. The number of benzene rings is 2. The average molecular weight is 416 g/mol. The number of halogens is 1. The summed E-state index contributed by atoms with van der Waals surface area (Å²) in [6, 6.07) is 10.4. The number of anilines is 1. The van der Waals surface area contributed by atoms with Crippen molar-refractivity contribution < 1.29 is 23.5 Å². The van der Waals surface area contributed by atoms with E-state index in [9.17, 15) is 18.8 Å². The lowest BCUT2D eigenvalue weighted by Gasteiger charge is -2.24. The summed E-state index contributed by atoms with van der Waals surface area (Å²) in [5, 5.41) is 1.05. The highest BCUT2D eigenvalue weighted by molar-refractivity contribution is 7.80. The van der Waals surface area contributed by atoms with Gasteiger partial charge in [-0.25, -0.2) is 9.40 Å². The van der Waals surface area contributed by atoms with Gasteiger partial charge in [-0.1, -0.05) is 6.07 Å². The van der Waals surface area contributed by atoms with Crippen LogP contribution in [0.25, 0.3) is 0 Å². The summed E-state index contributed by atoms with van der Waals surface area (Å²) in [5.41, 5.74) is 8.20. The van der Waals surface area contributed by atoms with Crippen molar-refractivity contribution in [2.75, 3.05) is 12.0 Å². The number of nitrogens with two attached hydrogens (primary N) is 1. The standard InChI is InChI=1S/C19H17FN4O4S/c1-28-14-7-5-13(6-8-14)23-18(27)15(10-16(21)25)24(19(23)29)22-17(26)11-3-2-4-12(20)9-11/h2-9,15H,10H2,1H3,(H2,21,25)(H,22,26). The van der Waals surface area contributed by atoms with Gasteiger partial charge in [0.2, 0.25) is 11.0 Å². The zero-order chi connectivity index (χ0) is 21.1. The van der Waals surface area contributed by atoms with E-state index >= 15 is 0 Å². The van der Waals surface area contributed by atoms with Crippen molar-refractivity contribution in [3.05, 3.63) is 59.9 Å². The lowest BCUT2D eigenvalue weighted by atomic mass is 10.2. The van der Waals surface area contributed by atoms with Crippen LogP contribution < -0.4 is 20.8 Å². The van der Waals surface area contributed by atoms with Crippen LogP contribution >= 0.6 is 12.2 Å². The number of ether oxygens (including phenoxy) is 1. The molecule has 3 N–H and O–H groups in total. The fourth-order valence-corrected chi connectivity index (χ4v) is 3.23. The molecular formula is C19H17FN4O4S. The van der Waals surface area contributed by atoms with Crippen LogP contribution in [0.3, 0.4) is 0 Å². The molecule has 1 unspecified atom stereocenters. The SMILES string of the molecule is COc1ccc(N2C(=O)C(CC(N)=O)N(NC(=O)c3cccc(F)c3)C2=S)cc1. The Morgan fingerprint density at radius 3 is 2.52 bits per heavy atom. The third-order valence-electron chi connectivity index (χ3n) is 4.25. The molecule has 0 bridgehead atoms. The lowest BCUT2D eigenvalue weighted by Crippen LogP contribution is -2.49. The Balaban J connectivity index is 1.90. The first-order valence-corrected chi connectivity index (χ1v) is 8.88. The maximum absolute atomic E-state index is 13.4. The molecule has 0 spiro atoms. The second kappa shape index (κ2) is 8.23. The summed E-state index contributed by atoms with van der Waals surface area (Å²) in [5.74, 6) is -1.97. The second-order valence-electron chi connectivity index (χ2n) is 6.16. The van der Waals surface area contributed by atoms with E-state index < -0.39 is 29.6 Å². The number of methoxy groups -OCH3 is 1. The van der Waals surface area contributed by atoms with E-state index in [2.05, 4.69) is 5.43 Å². The fraction of sp³-hybridized carbons (Fsp3) is 0.158. The van der Waals surface area contributed by atoms with Gasteiger partial charge in [0.05, 0.1) is 19.2 Å². The van der Waals surface area contributed by atoms with Gasteiger partial charge >= 0.3 is 0 Å². The predicted molar refractivity (Wildman–Crippen MR) is 106 cm³/mol. The quantitative estimate of drug-likeness (QED) is 0.689. The Hall–Kier alpha value is -3.53. The molecule has 2 aromatic carbocycles. The molecule has 0 aliphatic carbocycles. The molecule has 1 atom stereocenters. The minimum Gasteiger partial charge on any atom is -0.497 e. The number of hydrogen-bond donors (Lipinski definition) is 2. The monoisotopic (exact) mass is 416 g/mol. The van der Waals surface area contributed by atoms with Gasteiger partial charge in [0, 0.05) is 5.56 Å². The van der Waals surface area contributed by atoms with Crippen molar-refractivity contribution in [2.24, 2.45) is 5.73 Å². The maximum atomic E-state index is 13.4. The van der Waals surface area contributed by atoms with Gasteiger partial charge in [0.15, 0.2) is 0 Å². The minimum absolute atomic E-state index is 0.0287. The van der Waals surface area contributed by atoms with Crippen LogP contribution in [-0.4, -0.2) is 41.0 Å². The van der Waals surface area contributed by atoms with Crippen molar-refractivity contribution in [2.45, 2.75) is 12.5 Å². The molecule has 1 fully saturated rings. The Kier molecular flexibility index (Phi) is 5.74. The molecule has 10 heteroatoms. The molecule has 29 heavy (non-hydrogen) atoms. The Morgan fingerprint density at radius 1 is 1.24 bits per heavy atom. The van der Waals surface area contributed by atoms with E-state index in [-0.39, 0.29) is 17.1 Å². The van der Waals surface area contributed by atoms with Crippen molar-refractivity contribution in [3.63, 3.8) is 0 Å². The van der Waals surface area contributed by atoms with E-state index in [1.807, 2.05) is 0 Å². The summed E-state index contributed by atoms with van der Waals surface area (Å²) in [6.07, 6.45) is -0.366. The van der Waals surface area contributed by atoms with E-state index in [4.69, 9.17) is 22.7 Å². The summed E-state index contributed by atoms with van der Waals surface area (Å²) in [4.78, 5) is 38.1. The molecule has 8 nitrogen and oxygen atoms in total. The van der Waals surface area contributed by atoms with Crippen molar-refractivity contribution in [3.8, 4) is 5.75 Å².